The first-order chi connectivity index (χ1) is 13.6. The Hall–Kier alpha value is -1.51. The third-order valence-corrected chi connectivity index (χ3v) is 6.41. The minimum absolute atomic E-state index is 0.116. The van der Waals surface area contributed by atoms with Gasteiger partial charge in [-0.3, -0.25) is 0 Å². The first-order valence-electron chi connectivity index (χ1n) is 10.2. The van der Waals surface area contributed by atoms with Crippen molar-refractivity contribution in [1.82, 2.24) is 10.0 Å². The molecule has 0 spiro atoms. The Bertz CT molecular complexity index is 754. The van der Waals surface area contributed by atoms with Gasteiger partial charge in [0.25, 0.3) is 0 Å². The van der Waals surface area contributed by atoms with E-state index in [1.807, 2.05) is 55.4 Å². The zero-order chi connectivity index (χ0) is 22.9. The maximum absolute atomic E-state index is 13.9. The monoisotopic (exact) mass is 442 g/mol. The van der Waals surface area contributed by atoms with Crippen molar-refractivity contribution in [2.45, 2.75) is 96.3 Å². The van der Waals surface area contributed by atoms with Crippen LogP contribution >= 0.6 is 0 Å². The van der Waals surface area contributed by atoms with Gasteiger partial charge in [0.05, 0.1) is 6.04 Å². The van der Waals surface area contributed by atoms with Gasteiger partial charge in [-0.1, -0.05) is 0 Å². The first-order valence-corrected chi connectivity index (χ1v) is 11.4. The number of carbonyl (C=O) groups excluding carboxylic acids is 1. The van der Waals surface area contributed by atoms with Crippen LogP contribution in [-0.4, -0.2) is 32.6 Å². The lowest BCUT2D eigenvalue weighted by Gasteiger charge is -2.45. The molecular formula is C22H35FN2O4S. The molecule has 8 heteroatoms. The molecule has 0 saturated heterocycles. The lowest BCUT2D eigenvalue weighted by molar-refractivity contribution is 0.00864. The van der Waals surface area contributed by atoms with Crippen LogP contribution in [0.1, 0.15) is 79.8 Å². The molecule has 0 bridgehead atoms. The molecule has 170 valence electrons. The number of alkyl carbamates (subject to hydrolysis) is 1. The number of halogens is 1. The molecular weight excluding hydrogens is 407 g/mol. The summed E-state index contributed by atoms with van der Waals surface area (Å²) in [6.45, 7) is 14.9. The van der Waals surface area contributed by atoms with Crippen molar-refractivity contribution >= 4 is 17.5 Å². The third-order valence-electron chi connectivity index (χ3n) is 4.73. The molecule has 2 rings (SSSR count). The Morgan fingerprint density at radius 3 is 2.40 bits per heavy atom. The number of nitrogens with one attached hydrogen (secondary N) is 2. The summed E-state index contributed by atoms with van der Waals surface area (Å²) in [4.78, 5) is 12.0. The molecule has 1 unspecified atom stereocenters. The minimum Gasteiger partial charge on any atom is -0.598 e. The highest BCUT2D eigenvalue weighted by atomic mass is 32.2. The van der Waals surface area contributed by atoms with Gasteiger partial charge >= 0.3 is 6.09 Å². The maximum Gasteiger partial charge on any atom is 0.408 e. The van der Waals surface area contributed by atoms with Crippen molar-refractivity contribution < 1.29 is 23.2 Å². The molecule has 0 radical (unpaired) electrons. The summed E-state index contributed by atoms with van der Waals surface area (Å²) in [6.07, 6.45) is 0.653. The van der Waals surface area contributed by atoms with Gasteiger partial charge in [-0.25, -0.2) is 9.18 Å². The smallest absolute Gasteiger partial charge is 0.408 e. The predicted octanol–water partition coefficient (Wildman–Crippen LogP) is 4.76. The Kier molecular flexibility index (Phi) is 7.37. The lowest BCUT2D eigenvalue weighted by Crippen LogP contribution is -2.59. The molecule has 0 aromatic heterocycles. The van der Waals surface area contributed by atoms with Crippen LogP contribution in [0, 0.1) is 5.82 Å². The summed E-state index contributed by atoms with van der Waals surface area (Å²) in [5, 5.41) is 2.90. The first kappa shape index (κ1) is 24.8. The number of hydrogen-bond donors (Lipinski definition) is 2. The fourth-order valence-electron chi connectivity index (χ4n) is 3.23. The predicted molar refractivity (Wildman–Crippen MR) is 117 cm³/mol. The number of carbonyl (C=O) groups is 1. The highest BCUT2D eigenvalue weighted by Crippen LogP contribution is 2.37. The number of benzene rings is 1. The Morgan fingerprint density at radius 2 is 1.87 bits per heavy atom. The number of rotatable bonds is 6. The van der Waals surface area contributed by atoms with Gasteiger partial charge < -0.3 is 19.3 Å². The van der Waals surface area contributed by atoms with E-state index in [1.165, 1.54) is 12.1 Å². The van der Waals surface area contributed by atoms with E-state index in [0.717, 1.165) is 0 Å². The fourth-order valence-corrected chi connectivity index (χ4v) is 4.03. The minimum atomic E-state index is -1.30. The highest BCUT2D eigenvalue weighted by molar-refractivity contribution is 7.90. The van der Waals surface area contributed by atoms with Gasteiger partial charge in [-0.2, -0.15) is 0 Å². The van der Waals surface area contributed by atoms with E-state index in [1.54, 1.807) is 6.07 Å². The van der Waals surface area contributed by atoms with Gasteiger partial charge in [-0.05, 0) is 73.6 Å². The molecule has 2 atom stereocenters. The van der Waals surface area contributed by atoms with Gasteiger partial charge in [0.2, 0.25) is 0 Å². The fraction of sp³-hybridized carbons (Fsp3) is 0.682. The second-order valence-electron chi connectivity index (χ2n) is 10.2. The Labute approximate surface area is 182 Å². The second kappa shape index (κ2) is 8.93. The average molecular weight is 443 g/mol. The molecule has 1 aromatic rings. The molecule has 1 saturated carbocycles. The summed E-state index contributed by atoms with van der Waals surface area (Å²) in [5.41, 5.74) is -0.356. The quantitative estimate of drug-likeness (QED) is 0.621. The van der Waals surface area contributed by atoms with Crippen LogP contribution in [0.4, 0.5) is 9.18 Å². The van der Waals surface area contributed by atoms with Crippen molar-refractivity contribution in [2.24, 2.45) is 0 Å². The van der Waals surface area contributed by atoms with Gasteiger partial charge in [0.15, 0.2) is 0 Å². The Morgan fingerprint density at radius 1 is 1.27 bits per heavy atom. The average Bonchev–Trinajstić information content (AvgIpc) is 2.51. The van der Waals surface area contributed by atoms with Crippen LogP contribution in [0.25, 0.3) is 0 Å². The number of ether oxygens (including phenoxy) is 2. The van der Waals surface area contributed by atoms with Crippen molar-refractivity contribution in [1.29, 1.82) is 0 Å². The summed E-state index contributed by atoms with van der Waals surface area (Å²) < 4.78 is 40.3. The van der Waals surface area contributed by atoms with Crippen LogP contribution in [0.2, 0.25) is 0 Å². The van der Waals surface area contributed by atoms with E-state index >= 15 is 0 Å². The standard InChI is InChI=1S/C22H35FN2O4S/c1-14(25-30(27)21(5,6)7)17-11-15(23)9-10-18(17)28-16-12-22(8,13-16)24-19(26)29-20(2,3)4/h9-11,14,16,25H,12-13H2,1-8H3,(H,24,26)/t14-,16?,22?,30?/m0/s1. The van der Waals surface area contributed by atoms with Gasteiger partial charge in [0.1, 0.15) is 28.0 Å². The maximum atomic E-state index is 13.9. The summed E-state index contributed by atoms with van der Waals surface area (Å²) in [6, 6.07) is 3.99. The van der Waals surface area contributed by atoms with Crippen molar-refractivity contribution in [2.75, 3.05) is 0 Å². The van der Waals surface area contributed by atoms with E-state index in [9.17, 15) is 13.7 Å². The molecule has 30 heavy (non-hydrogen) atoms. The van der Waals surface area contributed by atoms with Gasteiger partial charge in [0, 0.05) is 35.3 Å². The van der Waals surface area contributed by atoms with E-state index < -0.39 is 33.3 Å². The van der Waals surface area contributed by atoms with E-state index in [2.05, 4.69) is 10.0 Å². The molecule has 1 aromatic carbocycles. The van der Waals surface area contributed by atoms with Crippen molar-refractivity contribution in [3.8, 4) is 5.75 Å². The normalized spacial score (nSPS) is 23.9. The molecule has 1 fully saturated rings. The molecule has 1 aliphatic rings. The number of hydrogen-bond acceptors (Lipinski definition) is 5. The SMILES string of the molecule is C[C@H](N[S+]([O-])C(C)(C)C)c1cc(F)ccc1OC1CC(C)(NC(=O)OC(C)(C)C)C1. The van der Waals surface area contributed by atoms with Crippen LogP contribution < -0.4 is 14.8 Å². The lowest BCUT2D eigenvalue weighted by atomic mass is 9.76. The molecule has 6 nitrogen and oxygen atoms in total. The summed E-state index contributed by atoms with van der Waals surface area (Å²) in [7, 11) is 0. The van der Waals surface area contributed by atoms with Gasteiger partial charge in [-0.15, -0.1) is 4.72 Å². The number of amides is 1. The molecule has 2 N–H and O–H groups in total. The van der Waals surface area contributed by atoms with Crippen LogP contribution in [0.15, 0.2) is 18.2 Å². The van der Waals surface area contributed by atoms with Crippen LogP contribution in [0.3, 0.4) is 0 Å². The summed E-state index contributed by atoms with van der Waals surface area (Å²) in [5.74, 6) is 0.171. The van der Waals surface area contributed by atoms with Crippen LogP contribution in [0.5, 0.6) is 5.75 Å². The van der Waals surface area contributed by atoms with E-state index in [0.29, 0.717) is 24.2 Å². The summed E-state index contributed by atoms with van der Waals surface area (Å²) >= 11 is -1.30. The Balaban J connectivity index is 2.01. The second-order valence-corrected chi connectivity index (χ2v) is 12.2. The van der Waals surface area contributed by atoms with E-state index in [-0.39, 0.29) is 18.0 Å². The zero-order valence-electron chi connectivity index (χ0n) is 19.2. The topological polar surface area (TPSA) is 82.6 Å². The molecule has 0 aliphatic heterocycles. The molecule has 1 aliphatic carbocycles. The van der Waals surface area contributed by atoms with Crippen LogP contribution in [-0.2, 0) is 16.1 Å². The third kappa shape index (κ3) is 7.03. The zero-order valence-corrected chi connectivity index (χ0v) is 20.0. The van der Waals surface area contributed by atoms with Crippen molar-refractivity contribution in [3.05, 3.63) is 29.6 Å². The highest BCUT2D eigenvalue weighted by Gasteiger charge is 2.44. The molecule has 0 heterocycles. The van der Waals surface area contributed by atoms with Crippen molar-refractivity contribution in [3.63, 3.8) is 0 Å². The van der Waals surface area contributed by atoms with E-state index in [4.69, 9.17) is 9.47 Å². The largest absolute Gasteiger partial charge is 0.598 e. The molecule has 1 amide bonds.